The number of aromatic amines is 1. The molecule has 166 valence electrons. The minimum Gasteiger partial charge on any atom is -0.381 e. The highest BCUT2D eigenvalue weighted by atomic mass is 32.2. The number of guanidine groups is 1. The Bertz CT molecular complexity index is 975. The van der Waals surface area contributed by atoms with Gasteiger partial charge in [0.15, 0.2) is 15.8 Å². The predicted molar refractivity (Wildman–Crippen MR) is 123 cm³/mol. The monoisotopic (exact) mass is 434 g/mol. The zero-order valence-electron chi connectivity index (χ0n) is 18.3. The summed E-state index contributed by atoms with van der Waals surface area (Å²) in [6.45, 7) is 6.77. The van der Waals surface area contributed by atoms with Crippen LogP contribution in [-0.4, -0.2) is 63.2 Å². The fourth-order valence-corrected chi connectivity index (χ4v) is 5.25. The van der Waals surface area contributed by atoms with Crippen molar-refractivity contribution in [2.75, 3.05) is 39.1 Å². The molecule has 0 amide bonds. The molecule has 8 heteroatoms. The van der Waals surface area contributed by atoms with Gasteiger partial charge in [-0.2, -0.15) is 0 Å². The van der Waals surface area contributed by atoms with Gasteiger partial charge < -0.3 is 20.4 Å². The largest absolute Gasteiger partial charge is 0.381 e. The van der Waals surface area contributed by atoms with Gasteiger partial charge >= 0.3 is 0 Å². The first-order valence-corrected chi connectivity index (χ1v) is 12.7. The molecule has 0 aliphatic carbocycles. The molecule has 1 fully saturated rings. The summed E-state index contributed by atoms with van der Waals surface area (Å²) in [5.74, 6) is 0.654. The number of aromatic nitrogens is 1. The van der Waals surface area contributed by atoms with Crippen LogP contribution < -0.4 is 10.6 Å². The summed E-state index contributed by atoms with van der Waals surface area (Å²) < 4.78 is 29.5. The zero-order valence-corrected chi connectivity index (χ0v) is 19.1. The quantitative estimate of drug-likeness (QED) is 0.438. The molecule has 0 atom stereocenters. The molecular weight excluding hydrogens is 400 g/mol. The summed E-state index contributed by atoms with van der Waals surface area (Å²) in [5, 5.41) is 7.85. The number of hydrogen-bond donors (Lipinski definition) is 3. The van der Waals surface area contributed by atoms with Gasteiger partial charge in [0.2, 0.25) is 0 Å². The number of nitrogens with one attached hydrogen (secondary N) is 3. The molecule has 0 unspecified atom stereocenters. The van der Waals surface area contributed by atoms with E-state index in [0.717, 1.165) is 12.8 Å². The van der Waals surface area contributed by atoms with Gasteiger partial charge in [0.1, 0.15) is 0 Å². The van der Waals surface area contributed by atoms with E-state index in [1.807, 2.05) is 6.92 Å². The number of aryl methyl sites for hydroxylation is 1. The van der Waals surface area contributed by atoms with Crippen molar-refractivity contribution in [3.63, 3.8) is 0 Å². The second kappa shape index (κ2) is 9.83. The summed E-state index contributed by atoms with van der Waals surface area (Å²) in [5.41, 5.74) is 3.80. The maximum Gasteiger partial charge on any atom is 0.191 e. The van der Waals surface area contributed by atoms with Gasteiger partial charge in [-0.3, -0.25) is 4.99 Å². The third-order valence-corrected chi connectivity index (χ3v) is 8.13. The minimum absolute atomic E-state index is 0.247. The fourth-order valence-electron chi connectivity index (χ4n) is 4.05. The smallest absolute Gasteiger partial charge is 0.191 e. The molecule has 0 spiro atoms. The summed E-state index contributed by atoms with van der Waals surface area (Å²) in [7, 11) is -3.23. The van der Waals surface area contributed by atoms with Gasteiger partial charge in [-0.25, -0.2) is 8.42 Å². The number of ether oxygens (including phenoxy) is 1. The highest BCUT2D eigenvalue weighted by molar-refractivity contribution is 7.92. The normalized spacial score (nSPS) is 17.2. The first-order chi connectivity index (χ1) is 14.4. The van der Waals surface area contributed by atoms with E-state index in [4.69, 9.17) is 4.74 Å². The van der Waals surface area contributed by atoms with E-state index in [9.17, 15) is 8.42 Å². The molecule has 3 rings (SSSR count). The van der Waals surface area contributed by atoms with Crippen LogP contribution in [0.4, 0.5) is 0 Å². The van der Waals surface area contributed by atoms with Crippen molar-refractivity contribution in [1.29, 1.82) is 0 Å². The van der Waals surface area contributed by atoms with Crippen LogP contribution in [0.15, 0.2) is 29.4 Å². The van der Waals surface area contributed by atoms with Crippen LogP contribution in [0.1, 0.15) is 37.8 Å². The standard InChI is InChI=1S/C22H34N4O3S/c1-4-17-7-6-8-19-18(15-25-20(17)19)9-12-24-21(23-5-2)26-16-22(30(3,27)28)10-13-29-14-11-22/h6-8,15,25H,4-5,9-14,16H2,1-3H3,(H2,23,24,26). The lowest BCUT2D eigenvalue weighted by molar-refractivity contribution is 0.0768. The molecule has 0 bridgehead atoms. The van der Waals surface area contributed by atoms with Crippen molar-refractivity contribution in [3.8, 4) is 0 Å². The molecule has 1 aliphatic heterocycles. The first-order valence-electron chi connectivity index (χ1n) is 10.8. The van der Waals surface area contributed by atoms with Crippen molar-refractivity contribution >= 4 is 26.7 Å². The van der Waals surface area contributed by atoms with E-state index >= 15 is 0 Å². The number of rotatable bonds is 8. The second-order valence-electron chi connectivity index (χ2n) is 7.95. The van der Waals surface area contributed by atoms with Crippen LogP contribution in [0, 0.1) is 0 Å². The third-order valence-electron chi connectivity index (χ3n) is 6.02. The van der Waals surface area contributed by atoms with E-state index in [1.54, 1.807) is 0 Å². The SMILES string of the molecule is CCNC(=NCC1(S(C)(=O)=O)CCOCC1)NCCc1c[nH]c2c(CC)cccc12. The highest BCUT2D eigenvalue weighted by Crippen LogP contribution is 2.29. The molecule has 3 N–H and O–H groups in total. The van der Waals surface area contributed by atoms with Crippen LogP contribution in [0.25, 0.3) is 10.9 Å². The number of para-hydroxylation sites is 1. The van der Waals surface area contributed by atoms with Gasteiger partial charge in [0.25, 0.3) is 0 Å². The van der Waals surface area contributed by atoms with Gasteiger partial charge in [-0.15, -0.1) is 0 Å². The van der Waals surface area contributed by atoms with Gasteiger partial charge in [0.05, 0.1) is 11.3 Å². The van der Waals surface area contributed by atoms with Gasteiger partial charge in [-0.1, -0.05) is 25.1 Å². The summed E-state index contributed by atoms with van der Waals surface area (Å²) in [4.78, 5) is 8.04. The molecule has 1 aromatic heterocycles. The van der Waals surface area contributed by atoms with E-state index in [2.05, 4.69) is 51.9 Å². The van der Waals surface area contributed by atoms with E-state index < -0.39 is 14.6 Å². The van der Waals surface area contributed by atoms with E-state index in [-0.39, 0.29) is 6.54 Å². The Hall–Kier alpha value is -2.06. The third kappa shape index (κ3) is 4.98. The molecule has 1 saturated heterocycles. The Kier molecular flexibility index (Phi) is 7.41. The van der Waals surface area contributed by atoms with Crippen molar-refractivity contribution in [2.45, 2.75) is 44.3 Å². The summed E-state index contributed by atoms with van der Waals surface area (Å²) in [6.07, 6.45) is 6.22. The van der Waals surface area contributed by atoms with Gasteiger partial charge in [0, 0.05) is 49.7 Å². The predicted octanol–water partition coefficient (Wildman–Crippen LogP) is 2.42. The molecule has 2 heterocycles. The molecule has 1 aromatic carbocycles. The average molecular weight is 435 g/mol. The van der Waals surface area contributed by atoms with Crippen LogP contribution in [-0.2, 0) is 27.4 Å². The molecule has 1 aliphatic rings. The number of fused-ring (bicyclic) bond motifs is 1. The summed E-state index contributed by atoms with van der Waals surface area (Å²) in [6, 6.07) is 6.42. The lowest BCUT2D eigenvalue weighted by atomic mass is 9.99. The van der Waals surface area contributed by atoms with Crippen LogP contribution in [0.2, 0.25) is 0 Å². The highest BCUT2D eigenvalue weighted by Gasteiger charge is 2.42. The molecular formula is C22H34N4O3S. The number of hydrogen-bond acceptors (Lipinski definition) is 4. The Morgan fingerprint density at radius 1 is 1.20 bits per heavy atom. The topological polar surface area (TPSA) is 95.6 Å². The molecule has 0 radical (unpaired) electrons. The van der Waals surface area contributed by atoms with Crippen LogP contribution >= 0.6 is 0 Å². The molecule has 0 saturated carbocycles. The van der Waals surface area contributed by atoms with Crippen LogP contribution in [0.5, 0.6) is 0 Å². The zero-order chi connectivity index (χ0) is 21.6. The number of sulfone groups is 1. The van der Waals surface area contributed by atoms with E-state index in [1.165, 1.54) is 28.3 Å². The lowest BCUT2D eigenvalue weighted by Gasteiger charge is -2.34. The fraction of sp³-hybridized carbons (Fsp3) is 0.591. The maximum atomic E-state index is 12.5. The molecule has 2 aromatic rings. The summed E-state index contributed by atoms with van der Waals surface area (Å²) >= 11 is 0. The van der Waals surface area contributed by atoms with Crippen molar-refractivity contribution in [1.82, 2.24) is 15.6 Å². The van der Waals surface area contributed by atoms with Gasteiger partial charge in [-0.05, 0) is 43.7 Å². The van der Waals surface area contributed by atoms with Crippen molar-refractivity contribution < 1.29 is 13.2 Å². The Morgan fingerprint density at radius 2 is 1.97 bits per heavy atom. The Labute approximate surface area is 179 Å². The van der Waals surface area contributed by atoms with Crippen molar-refractivity contribution in [3.05, 3.63) is 35.5 Å². The second-order valence-corrected chi connectivity index (χ2v) is 10.4. The number of aliphatic imine (C=N–C) groups is 1. The molecule has 7 nitrogen and oxygen atoms in total. The first kappa shape index (κ1) is 22.6. The Balaban J connectivity index is 1.67. The Morgan fingerprint density at radius 3 is 2.63 bits per heavy atom. The van der Waals surface area contributed by atoms with Crippen LogP contribution in [0.3, 0.4) is 0 Å². The number of H-pyrrole nitrogens is 1. The average Bonchev–Trinajstić information content (AvgIpc) is 3.15. The maximum absolute atomic E-state index is 12.5. The van der Waals surface area contributed by atoms with Crippen molar-refractivity contribution in [2.24, 2.45) is 4.99 Å². The minimum atomic E-state index is -3.23. The number of nitrogens with zero attached hydrogens (tertiary/aromatic N) is 1. The number of benzene rings is 1. The van der Waals surface area contributed by atoms with E-state index in [0.29, 0.717) is 45.1 Å². The molecule has 30 heavy (non-hydrogen) atoms. The lowest BCUT2D eigenvalue weighted by Crippen LogP contribution is -2.47.